The fourth-order valence-electron chi connectivity index (χ4n) is 2.24. The first-order valence-electron chi connectivity index (χ1n) is 6.96. The summed E-state index contributed by atoms with van der Waals surface area (Å²) >= 11 is 0. The van der Waals surface area contributed by atoms with E-state index in [-0.39, 0.29) is 18.5 Å². The molecule has 0 aromatic carbocycles. The SMILES string of the molecule is C[C@H](Cn1cccn1)NCC(=O)N[C@](C)(C#N)C1CC1. The Hall–Kier alpha value is -1.87. The molecule has 20 heavy (non-hydrogen) atoms. The molecular weight excluding hydrogens is 254 g/mol. The Labute approximate surface area is 119 Å². The molecule has 1 saturated carbocycles. The van der Waals surface area contributed by atoms with E-state index in [1.54, 1.807) is 13.1 Å². The van der Waals surface area contributed by atoms with Gasteiger partial charge in [-0.15, -0.1) is 0 Å². The van der Waals surface area contributed by atoms with Gasteiger partial charge >= 0.3 is 0 Å². The summed E-state index contributed by atoms with van der Waals surface area (Å²) in [4.78, 5) is 11.9. The Morgan fingerprint density at radius 3 is 2.95 bits per heavy atom. The zero-order chi connectivity index (χ0) is 14.6. The van der Waals surface area contributed by atoms with Crippen molar-refractivity contribution in [2.75, 3.05) is 6.54 Å². The lowest BCUT2D eigenvalue weighted by Gasteiger charge is -2.23. The maximum Gasteiger partial charge on any atom is 0.235 e. The van der Waals surface area contributed by atoms with Gasteiger partial charge in [-0.2, -0.15) is 10.4 Å². The van der Waals surface area contributed by atoms with E-state index in [9.17, 15) is 10.1 Å². The number of nitrogens with zero attached hydrogens (tertiary/aromatic N) is 3. The van der Waals surface area contributed by atoms with Gasteiger partial charge in [0.05, 0.1) is 19.2 Å². The van der Waals surface area contributed by atoms with Crippen molar-refractivity contribution in [1.82, 2.24) is 20.4 Å². The summed E-state index contributed by atoms with van der Waals surface area (Å²) in [6, 6.07) is 4.22. The minimum Gasteiger partial charge on any atom is -0.337 e. The second-order valence-corrected chi connectivity index (χ2v) is 5.65. The normalized spacial score (nSPS) is 18.9. The molecule has 0 radical (unpaired) electrons. The molecule has 1 heterocycles. The molecular formula is C14H21N5O. The van der Waals surface area contributed by atoms with Crippen LogP contribution in [-0.2, 0) is 11.3 Å². The van der Waals surface area contributed by atoms with Crippen LogP contribution in [0.4, 0.5) is 0 Å². The average Bonchev–Trinajstić information content (AvgIpc) is 3.17. The van der Waals surface area contributed by atoms with E-state index in [0.29, 0.717) is 12.5 Å². The van der Waals surface area contributed by atoms with Crippen molar-refractivity contribution in [3.8, 4) is 6.07 Å². The molecule has 1 aromatic heterocycles. The largest absolute Gasteiger partial charge is 0.337 e. The molecule has 0 saturated heterocycles. The van der Waals surface area contributed by atoms with E-state index in [1.807, 2.05) is 23.9 Å². The lowest BCUT2D eigenvalue weighted by Crippen LogP contribution is -2.50. The first-order valence-corrected chi connectivity index (χ1v) is 6.96. The van der Waals surface area contributed by atoms with Crippen LogP contribution < -0.4 is 10.6 Å². The van der Waals surface area contributed by atoms with E-state index < -0.39 is 5.54 Å². The summed E-state index contributed by atoms with van der Waals surface area (Å²) in [7, 11) is 0. The third-order valence-corrected chi connectivity index (χ3v) is 3.66. The molecule has 0 bridgehead atoms. The molecule has 1 aliphatic rings. The number of nitrogens with one attached hydrogen (secondary N) is 2. The molecule has 0 unspecified atom stereocenters. The topological polar surface area (TPSA) is 82.7 Å². The van der Waals surface area contributed by atoms with Crippen LogP contribution >= 0.6 is 0 Å². The van der Waals surface area contributed by atoms with Crippen molar-refractivity contribution in [2.45, 2.75) is 44.8 Å². The maximum absolute atomic E-state index is 11.9. The van der Waals surface area contributed by atoms with E-state index in [1.165, 1.54) is 0 Å². The summed E-state index contributed by atoms with van der Waals surface area (Å²) in [5, 5.41) is 19.3. The molecule has 108 valence electrons. The lowest BCUT2D eigenvalue weighted by molar-refractivity contribution is -0.121. The number of carbonyl (C=O) groups excluding carboxylic acids is 1. The zero-order valence-electron chi connectivity index (χ0n) is 12.0. The van der Waals surface area contributed by atoms with Gasteiger partial charge in [0.1, 0.15) is 5.54 Å². The predicted molar refractivity (Wildman–Crippen MR) is 74.6 cm³/mol. The first kappa shape index (κ1) is 14.5. The van der Waals surface area contributed by atoms with Crippen LogP contribution in [0.3, 0.4) is 0 Å². The Bertz CT molecular complexity index is 488. The van der Waals surface area contributed by atoms with Gasteiger partial charge in [0.15, 0.2) is 0 Å². The van der Waals surface area contributed by atoms with Gasteiger partial charge in [0, 0.05) is 18.4 Å². The standard InChI is InChI=1S/C14H21N5O/c1-11(9-19-7-3-6-17-19)16-8-13(20)18-14(2,10-15)12-4-5-12/h3,6-7,11-12,16H,4-5,8-9H2,1-2H3,(H,18,20)/t11-,14-/m1/s1. The highest BCUT2D eigenvalue weighted by molar-refractivity contribution is 5.79. The highest BCUT2D eigenvalue weighted by Crippen LogP contribution is 2.39. The highest BCUT2D eigenvalue weighted by Gasteiger charge is 2.42. The fourth-order valence-corrected chi connectivity index (χ4v) is 2.24. The summed E-state index contributed by atoms with van der Waals surface area (Å²) in [6.07, 6.45) is 5.66. The van der Waals surface area contributed by atoms with Gasteiger partial charge < -0.3 is 10.6 Å². The Morgan fingerprint density at radius 1 is 1.65 bits per heavy atom. The summed E-state index contributed by atoms with van der Waals surface area (Å²) in [5.74, 6) is 0.172. The number of rotatable bonds is 7. The Morgan fingerprint density at radius 2 is 2.40 bits per heavy atom. The van der Waals surface area contributed by atoms with Gasteiger partial charge in [-0.25, -0.2) is 0 Å². The quantitative estimate of drug-likeness (QED) is 0.766. The van der Waals surface area contributed by atoms with Gasteiger partial charge in [0.25, 0.3) is 0 Å². The molecule has 2 N–H and O–H groups in total. The van der Waals surface area contributed by atoms with Crippen LogP contribution in [0.15, 0.2) is 18.5 Å². The second kappa shape index (κ2) is 6.06. The van der Waals surface area contributed by atoms with Crippen LogP contribution in [-0.4, -0.2) is 33.8 Å². The Kier molecular flexibility index (Phi) is 4.40. The summed E-state index contributed by atoms with van der Waals surface area (Å²) in [5.41, 5.74) is -0.718. The number of aromatic nitrogens is 2. The van der Waals surface area contributed by atoms with Crippen molar-refractivity contribution in [3.05, 3.63) is 18.5 Å². The number of amides is 1. The van der Waals surface area contributed by atoms with Gasteiger partial charge in [-0.3, -0.25) is 9.48 Å². The Balaban J connectivity index is 1.73. The van der Waals surface area contributed by atoms with Gasteiger partial charge in [-0.1, -0.05) is 0 Å². The molecule has 6 heteroatoms. The summed E-state index contributed by atoms with van der Waals surface area (Å²) < 4.78 is 1.82. The minimum atomic E-state index is -0.718. The van der Waals surface area contributed by atoms with Crippen molar-refractivity contribution in [3.63, 3.8) is 0 Å². The van der Waals surface area contributed by atoms with Crippen molar-refractivity contribution < 1.29 is 4.79 Å². The van der Waals surface area contributed by atoms with Crippen LogP contribution in [0.1, 0.15) is 26.7 Å². The van der Waals surface area contributed by atoms with E-state index >= 15 is 0 Å². The molecule has 1 fully saturated rings. The molecule has 1 aromatic rings. The summed E-state index contributed by atoms with van der Waals surface area (Å²) in [6.45, 7) is 4.72. The van der Waals surface area contributed by atoms with Crippen molar-refractivity contribution >= 4 is 5.91 Å². The van der Waals surface area contributed by atoms with Gasteiger partial charge in [-0.05, 0) is 38.7 Å². The predicted octanol–water partition coefficient (Wildman–Crippen LogP) is 0.670. The van der Waals surface area contributed by atoms with Crippen LogP contribution in [0.2, 0.25) is 0 Å². The number of hydrogen-bond donors (Lipinski definition) is 2. The number of nitriles is 1. The first-order chi connectivity index (χ1) is 9.53. The van der Waals surface area contributed by atoms with E-state index in [0.717, 1.165) is 12.8 Å². The average molecular weight is 275 g/mol. The van der Waals surface area contributed by atoms with E-state index in [2.05, 4.69) is 21.8 Å². The van der Waals surface area contributed by atoms with E-state index in [4.69, 9.17) is 0 Å². The minimum absolute atomic E-state index is 0.131. The number of hydrogen-bond acceptors (Lipinski definition) is 4. The molecule has 6 nitrogen and oxygen atoms in total. The number of carbonyl (C=O) groups is 1. The van der Waals surface area contributed by atoms with Crippen LogP contribution in [0, 0.1) is 17.2 Å². The fraction of sp³-hybridized carbons (Fsp3) is 0.643. The van der Waals surface area contributed by atoms with Crippen molar-refractivity contribution in [1.29, 1.82) is 5.26 Å². The molecule has 1 aliphatic carbocycles. The van der Waals surface area contributed by atoms with Crippen LogP contribution in [0.25, 0.3) is 0 Å². The second-order valence-electron chi connectivity index (χ2n) is 5.65. The molecule has 0 spiro atoms. The molecule has 1 amide bonds. The third-order valence-electron chi connectivity index (χ3n) is 3.66. The maximum atomic E-state index is 11.9. The smallest absolute Gasteiger partial charge is 0.235 e. The molecule has 2 rings (SSSR count). The van der Waals surface area contributed by atoms with Gasteiger partial charge in [0.2, 0.25) is 5.91 Å². The third kappa shape index (κ3) is 3.81. The molecule has 0 aliphatic heterocycles. The molecule has 2 atom stereocenters. The van der Waals surface area contributed by atoms with Crippen LogP contribution in [0.5, 0.6) is 0 Å². The zero-order valence-corrected chi connectivity index (χ0v) is 12.0. The van der Waals surface area contributed by atoms with Crippen molar-refractivity contribution in [2.24, 2.45) is 5.92 Å². The lowest BCUT2D eigenvalue weighted by atomic mass is 9.98. The monoisotopic (exact) mass is 275 g/mol. The highest BCUT2D eigenvalue weighted by atomic mass is 16.2.